The molecule has 1 saturated heterocycles. The topological polar surface area (TPSA) is 119 Å². The lowest BCUT2D eigenvalue weighted by Crippen LogP contribution is -2.34. The highest BCUT2D eigenvalue weighted by atomic mass is 16.5. The molecule has 8 heteroatoms. The van der Waals surface area contributed by atoms with E-state index in [-0.39, 0.29) is 0 Å². The molecule has 0 radical (unpaired) electrons. The second-order valence-electron chi connectivity index (χ2n) is 8.68. The third kappa shape index (κ3) is 4.36. The van der Waals surface area contributed by atoms with Gasteiger partial charge < -0.3 is 21.1 Å². The highest BCUT2D eigenvalue weighted by Gasteiger charge is 2.24. The van der Waals surface area contributed by atoms with E-state index < -0.39 is 0 Å². The van der Waals surface area contributed by atoms with Crippen LogP contribution in [-0.4, -0.2) is 57.9 Å². The van der Waals surface area contributed by atoms with E-state index in [2.05, 4.69) is 45.4 Å². The number of ether oxygens (including phenoxy) is 1. The fourth-order valence-corrected chi connectivity index (χ4v) is 4.73. The molecule has 0 unspecified atom stereocenters. The Morgan fingerprint density at radius 3 is 2.67 bits per heavy atom. The molecule has 0 atom stereocenters. The summed E-state index contributed by atoms with van der Waals surface area (Å²) in [5, 5.41) is 10.7. The maximum Gasteiger partial charge on any atom is 0.187 e. The van der Waals surface area contributed by atoms with Gasteiger partial charge in [-0.25, -0.2) is 9.97 Å². The fraction of sp³-hybridized carbons (Fsp3) is 0.400. The van der Waals surface area contributed by atoms with E-state index in [1.165, 1.54) is 0 Å². The molecular weight excluding hydrogens is 414 g/mol. The number of hydrogen-bond donors (Lipinski definition) is 3. The van der Waals surface area contributed by atoms with Gasteiger partial charge in [-0.1, -0.05) is 18.2 Å². The normalized spacial score (nSPS) is 15.5. The zero-order chi connectivity index (χ0) is 22.8. The van der Waals surface area contributed by atoms with Crippen molar-refractivity contribution in [2.24, 2.45) is 5.73 Å². The number of rotatable bonds is 7. The highest BCUT2D eigenvalue weighted by Crippen LogP contribution is 2.34. The molecule has 0 aliphatic carbocycles. The predicted molar refractivity (Wildman–Crippen MR) is 132 cm³/mol. The summed E-state index contributed by atoms with van der Waals surface area (Å²) in [6.07, 6.45) is 3.10. The van der Waals surface area contributed by atoms with E-state index in [9.17, 15) is 0 Å². The summed E-state index contributed by atoms with van der Waals surface area (Å²) in [4.78, 5) is 12.0. The van der Waals surface area contributed by atoms with Crippen LogP contribution in [0.3, 0.4) is 0 Å². The fourth-order valence-electron chi connectivity index (χ4n) is 4.73. The van der Waals surface area contributed by atoms with Crippen molar-refractivity contribution in [1.29, 1.82) is 0 Å². The molecule has 1 fully saturated rings. The molecule has 4 aromatic rings. The van der Waals surface area contributed by atoms with Crippen molar-refractivity contribution in [3.8, 4) is 17.0 Å². The number of piperidine rings is 1. The molecule has 172 valence electrons. The Bertz CT molecular complexity index is 1260. The lowest BCUT2D eigenvalue weighted by Gasteiger charge is -2.31. The van der Waals surface area contributed by atoms with Gasteiger partial charge in [-0.15, -0.1) is 0 Å². The van der Waals surface area contributed by atoms with Crippen molar-refractivity contribution in [2.75, 3.05) is 38.5 Å². The van der Waals surface area contributed by atoms with E-state index in [0.29, 0.717) is 24.0 Å². The van der Waals surface area contributed by atoms with E-state index in [1.807, 2.05) is 13.0 Å². The number of anilines is 1. The first-order valence-corrected chi connectivity index (χ1v) is 11.8. The molecule has 2 aromatic carbocycles. The van der Waals surface area contributed by atoms with Gasteiger partial charge in [0.1, 0.15) is 17.4 Å². The number of nitrogen functional groups attached to an aromatic ring is 1. The van der Waals surface area contributed by atoms with Crippen molar-refractivity contribution < 1.29 is 4.74 Å². The lowest BCUT2D eigenvalue weighted by molar-refractivity contribution is 0.208. The number of aromatic amines is 1. The van der Waals surface area contributed by atoms with Crippen LogP contribution < -0.4 is 16.2 Å². The minimum atomic E-state index is 0.311. The maximum absolute atomic E-state index is 6.45. The molecule has 8 nitrogen and oxygen atoms in total. The standard InChI is InChI=1S/C25H31N7O/c1-2-33-20-7-6-17-14-19(5-4-18(17)15-20)22-21-23(27)28-24(29-25(21)31-30-22)16-8-12-32(13-9-16)11-3-10-26/h4-7,14-16H,2-3,8-13,26H2,1H3,(H3,27,28,29,30,31). The Morgan fingerprint density at radius 1 is 1.09 bits per heavy atom. The molecule has 1 aliphatic heterocycles. The van der Waals surface area contributed by atoms with Crippen LogP contribution in [0.25, 0.3) is 33.1 Å². The molecular formula is C25H31N7O. The summed E-state index contributed by atoms with van der Waals surface area (Å²) in [5.74, 6) is 2.47. The van der Waals surface area contributed by atoms with Crippen molar-refractivity contribution in [1.82, 2.24) is 25.1 Å². The predicted octanol–water partition coefficient (Wildman–Crippen LogP) is 3.68. The third-order valence-electron chi connectivity index (χ3n) is 6.50. The van der Waals surface area contributed by atoms with E-state index in [0.717, 1.165) is 84.4 Å². The highest BCUT2D eigenvalue weighted by molar-refractivity contribution is 6.00. The van der Waals surface area contributed by atoms with Gasteiger partial charge in [-0.2, -0.15) is 5.10 Å². The summed E-state index contributed by atoms with van der Waals surface area (Å²) >= 11 is 0. The van der Waals surface area contributed by atoms with Gasteiger partial charge in [0, 0.05) is 11.5 Å². The van der Waals surface area contributed by atoms with Gasteiger partial charge in [0.05, 0.1) is 17.7 Å². The average Bonchev–Trinajstić information content (AvgIpc) is 3.28. The van der Waals surface area contributed by atoms with Gasteiger partial charge in [-0.3, -0.25) is 5.10 Å². The second kappa shape index (κ2) is 9.33. The van der Waals surface area contributed by atoms with Crippen LogP contribution in [0.5, 0.6) is 5.75 Å². The monoisotopic (exact) mass is 445 g/mol. The van der Waals surface area contributed by atoms with Crippen LogP contribution in [0.2, 0.25) is 0 Å². The molecule has 3 heterocycles. The Labute approximate surface area is 193 Å². The van der Waals surface area contributed by atoms with Crippen LogP contribution in [-0.2, 0) is 0 Å². The van der Waals surface area contributed by atoms with E-state index in [1.54, 1.807) is 0 Å². The Hall–Kier alpha value is -3.23. The number of nitrogens with one attached hydrogen (secondary N) is 1. The first-order valence-electron chi connectivity index (χ1n) is 11.8. The number of nitrogens with zero attached hydrogens (tertiary/aromatic N) is 4. The van der Waals surface area contributed by atoms with Gasteiger partial charge in [0.25, 0.3) is 0 Å². The zero-order valence-corrected chi connectivity index (χ0v) is 19.1. The van der Waals surface area contributed by atoms with Gasteiger partial charge >= 0.3 is 0 Å². The van der Waals surface area contributed by atoms with Crippen LogP contribution in [0.4, 0.5) is 5.82 Å². The first-order chi connectivity index (χ1) is 16.2. The molecule has 0 bridgehead atoms. The van der Waals surface area contributed by atoms with Crippen LogP contribution in [0.1, 0.15) is 37.9 Å². The van der Waals surface area contributed by atoms with Gasteiger partial charge in [0.2, 0.25) is 0 Å². The summed E-state index contributed by atoms with van der Waals surface area (Å²) in [6.45, 7) is 6.52. The number of nitrogens with two attached hydrogens (primary N) is 2. The van der Waals surface area contributed by atoms with Crippen molar-refractivity contribution in [3.05, 3.63) is 42.2 Å². The summed E-state index contributed by atoms with van der Waals surface area (Å²) < 4.78 is 5.62. The van der Waals surface area contributed by atoms with Crippen LogP contribution >= 0.6 is 0 Å². The molecule has 5 rings (SSSR count). The Morgan fingerprint density at radius 2 is 1.88 bits per heavy atom. The largest absolute Gasteiger partial charge is 0.494 e. The van der Waals surface area contributed by atoms with Crippen LogP contribution in [0, 0.1) is 0 Å². The minimum Gasteiger partial charge on any atom is -0.494 e. The number of benzene rings is 2. The smallest absolute Gasteiger partial charge is 0.187 e. The second-order valence-corrected chi connectivity index (χ2v) is 8.68. The first kappa shape index (κ1) is 21.6. The number of H-pyrrole nitrogens is 1. The van der Waals surface area contributed by atoms with Crippen LogP contribution in [0.15, 0.2) is 36.4 Å². The molecule has 1 aliphatic rings. The molecule has 0 spiro atoms. The van der Waals surface area contributed by atoms with E-state index in [4.69, 9.17) is 26.2 Å². The number of aromatic nitrogens is 4. The minimum absolute atomic E-state index is 0.311. The zero-order valence-electron chi connectivity index (χ0n) is 19.1. The van der Waals surface area contributed by atoms with Gasteiger partial charge in [0.15, 0.2) is 5.65 Å². The number of likely N-dealkylation sites (tertiary alicyclic amines) is 1. The Kier molecular flexibility index (Phi) is 6.11. The molecule has 5 N–H and O–H groups in total. The van der Waals surface area contributed by atoms with Crippen molar-refractivity contribution in [3.63, 3.8) is 0 Å². The maximum atomic E-state index is 6.45. The molecule has 0 saturated carbocycles. The average molecular weight is 446 g/mol. The number of fused-ring (bicyclic) bond motifs is 2. The summed E-state index contributed by atoms with van der Waals surface area (Å²) in [7, 11) is 0. The number of hydrogen-bond acceptors (Lipinski definition) is 7. The molecule has 0 amide bonds. The summed E-state index contributed by atoms with van der Waals surface area (Å²) in [5.41, 5.74) is 14.6. The summed E-state index contributed by atoms with van der Waals surface area (Å²) in [6, 6.07) is 12.4. The molecule has 33 heavy (non-hydrogen) atoms. The van der Waals surface area contributed by atoms with Crippen molar-refractivity contribution in [2.45, 2.75) is 32.1 Å². The Balaban J connectivity index is 1.41. The van der Waals surface area contributed by atoms with Gasteiger partial charge in [-0.05, 0) is 81.3 Å². The quantitative estimate of drug-likeness (QED) is 0.397. The molecule has 2 aromatic heterocycles. The third-order valence-corrected chi connectivity index (χ3v) is 6.50. The lowest BCUT2D eigenvalue weighted by atomic mass is 9.95. The van der Waals surface area contributed by atoms with E-state index >= 15 is 0 Å². The van der Waals surface area contributed by atoms with Crippen molar-refractivity contribution >= 4 is 27.6 Å². The SMILES string of the molecule is CCOc1ccc2cc(-c3[nH]nc4nc(C5CCN(CCCN)CC5)nc(N)c34)ccc2c1.